The van der Waals surface area contributed by atoms with Crippen LogP contribution < -0.4 is 0 Å². The normalized spacial score (nSPS) is 12.2. The lowest BCUT2D eigenvalue weighted by atomic mass is 10.0. The minimum Gasteiger partial charge on any atom is -0.466 e. The maximum Gasteiger partial charge on any atom is 0.305 e. The molecule has 0 aliphatic rings. The van der Waals surface area contributed by atoms with Crippen molar-refractivity contribution >= 4 is 11.9 Å². The van der Waals surface area contributed by atoms with Gasteiger partial charge >= 0.3 is 11.9 Å². The summed E-state index contributed by atoms with van der Waals surface area (Å²) < 4.78 is 10.5. The van der Waals surface area contributed by atoms with Gasteiger partial charge in [0.25, 0.3) is 0 Å². The Balaban J connectivity index is 3.63. The molecule has 1 unspecified atom stereocenters. The molecule has 0 aromatic rings. The highest BCUT2D eigenvalue weighted by molar-refractivity contribution is 5.72. The van der Waals surface area contributed by atoms with Crippen molar-refractivity contribution in [2.45, 2.75) is 85.5 Å². The molecular weight excluding hydrogens is 292 g/mol. The number of carbonyl (C=O) groups is 2. The van der Waals surface area contributed by atoms with E-state index in [1.165, 1.54) is 12.8 Å². The quantitative estimate of drug-likeness (QED) is 0.336. The zero-order valence-electron chi connectivity index (χ0n) is 15.6. The predicted molar refractivity (Wildman–Crippen MR) is 93.1 cm³/mol. The first-order valence-electron chi connectivity index (χ1n) is 9.30. The SMILES string of the molecule is CCCCC(CC)COC(=O)CCCC(=O)OCCCC(C)C. The molecule has 0 N–H and O–H groups in total. The Kier molecular flexibility index (Phi) is 13.9. The molecule has 0 saturated heterocycles. The lowest BCUT2D eigenvalue weighted by molar-refractivity contribution is -0.146. The molecule has 4 nitrogen and oxygen atoms in total. The first kappa shape index (κ1) is 21.9. The Hall–Kier alpha value is -1.06. The molecule has 0 amide bonds. The van der Waals surface area contributed by atoms with Gasteiger partial charge in [0.05, 0.1) is 13.2 Å². The van der Waals surface area contributed by atoms with Gasteiger partial charge in [0.2, 0.25) is 0 Å². The standard InChI is InChI=1S/C19H36O4/c1-5-7-11-17(6-2)15-23-19(21)13-8-12-18(20)22-14-9-10-16(3)4/h16-17H,5-15H2,1-4H3. The van der Waals surface area contributed by atoms with E-state index in [9.17, 15) is 9.59 Å². The third-order valence-electron chi connectivity index (χ3n) is 3.97. The summed E-state index contributed by atoms with van der Waals surface area (Å²) in [7, 11) is 0. The monoisotopic (exact) mass is 328 g/mol. The van der Waals surface area contributed by atoms with Crippen LogP contribution >= 0.6 is 0 Å². The molecule has 0 rings (SSSR count). The van der Waals surface area contributed by atoms with Gasteiger partial charge in [-0.25, -0.2) is 0 Å². The van der Waals surface area contributed by atoms with Gasteiger partial charge in [-0.05, 0) is 37.5 Å². The summed E-state index contributed by atoms with van der Waals surface area (Å²) in [5.41, 5.74) is 0. The van der Waals surface area contributed by atoms with Crippen LogP contribution in [0.3, 0.4) is 0 Å². The molecule has 0 spiro atoms. The molecule has 23 heavy (non-hydrogen) atoms. The van der Waals surface area contributed by atoms with Gasteiger partial charge in [-0.2, -0.15) is 0 Å². The Labute approximate surface area is 142 Å². The Morgan fingerprint density at radius 2 is 1.52 bits per heavy atom. The van der Waals surface area contributed by atoms with E-state index in [0.717, 1.165) is 25.7 Å². The topological polar surface area (TPSA) is 52.6 Å². The van der Waals surface area contributed by atoms with E-state index in [1.807, 2.05) is 0 Å². The summed E-state index contributed by atoms with van der Waals surface area (Å²) in [5.74, 6) is 0.682. The molecule has 1 atom stereocenters. The fraction of sp³-hybridized carbons (Fsp3) is 0.895. The van der Waals surface area contributed by atoms with Gasteiger partial charge in [0, 0.05) is 12.8 Å². The number of ether oxygens (including phenoxy) is 2. The molecule has 0 radical (unpaired) electrons. The molecule has 136 valence electrons. The second-order valence-electron chi connectivity index (χ2n) is 6.71. The number of hydrogen-bond donors (Lipinski definition) is 0. The number of carbonyl (C=O) groups excluding carboxylic acids is 2. The van der Waals surface area contributed by atoms with Crippen molar-refractivity contribution < 1.29 is 19.1 Å². The van der Waals surface area contributed by atoms with Crippen LogP contribution in [0.5, 0.6) is 0 Å². The summed E-state index contributed by atoms with van der Waals surface area (Å²) in [6.45, 7) is 9.59. The Bertz CT molecular complexity index is 312. The van der Waals surface area contributed by atoms with Crippen LogP contribution in [0.25, 0.3) is 0 Å². The fourth-order valence-electron chi connectivity index (χ4n) is 2.31. The molecule has 0 heterocycles. The van der Waals surface area contributed by atoms with Crippen molar-refractivity contribution in [1.82, 2.24) is 0 Å². The number of rotatable bonds is 14. The lowest BCUT2D eigenvalue weighted by Crippen LogP contribution is -2.14. The van der Waals surface area contributed by atoms with E-state index in [0.29, 0.717) is 44.3 Å². The van der Waals surface area contributed by atoms with E-state index in [1.54, 1.807) is 0 Å². The minimum atomic E-state index is -0.212. The Morgan fingerprint density at radius 1 is 0.870 bits per heavy atom. The molecule has 0 bridgehead atoms. The summed E-state index contributed by atoms with van der Waals surface area (Å²) in [6, 6.07) is 0. The third kappa shape index (κ3) is 14.3. The van der Waals surface area contributed by atoms with Crippen LogP contribution in [0.4, 0.5) is 0 Å². The van der Waals surface area contributed by atoms with E-state index in [2.05, 4.69) is 27.7 Å². The maximum absolute atomic E-state index is 11.7. The minimum absolute atomic E-state index is 0.201. The summed E-state index contributed by atoms with van der Waals surface area (Å²) in [4.78, 5) is 23.2. The third-order valence-corrected chi connectivity index (χ3v) is 3.97. The van der Waals surface area contributed by atoms with Crippen LogP contribution in [-0.2, 0) is 19.1 Å². The van der Waals surface area contributed by atoms with Gasteiger partial charge in [-0.1, -0.05) is 47.0 Å². The van der Waals surface area contributed by atoms with E-state index in [-0.39, 0.29) is 11.9 Å². The highest BCUT2D eigenvalue weighted by atomic mass is 16.5. The predicted octanol–water partition coefficient (Wildman–Crippen LogP) is 4.90. The largest absolute Gasteiger partial charge is 0.466 e. The van der Waals surface area contributed by atoms with Crippen LogP contribution in [-0.4, -0.2) is 25.2 Å². The van der Waals surface area contributed by atoms with E-state index >= 15 is 0 Å². The van der Waals surface area contributed by atoms with Crippen LogP contribution in [0.2, 0.25) is 0 Å². The van der Waals surface area contributed by atoms with E-state index < -0.39 is 0 Å². The highest BCUT2D eigenvalue weighted by Crippen LogP contribution is 2.13. The summed E-state index contributed by atoms with van der Waals surface area (Å²) in [6.07, 6.45) is 7.57. The zero-order chi connectivity index (χ0) is 17.5. The van der Waals surface area contributed by atoms with Gasteiger partial charge in [-0.3, -0.25) is 9.59 Å². The zero-order valence-corrected chi connectivity index (χ0v) is 15.6. The second kappa shape index (κ2) is 14.5. The van der Waals surface area contributed by atoms with Gasteiger partial charge in [0.1, 0.15) is 0 Å². The molecule has 0 aliphatic carbocycles. The molecule has 4 heteroatoms. The molecule has 0 saturated carbocycles. The molecule has 0 aromatic carbocycles. The Morgan fingerprint density at radius 3 is 2.09 bits per heavy atom. The van der Waals surface area contributed by atoms with Gasteiger partial charge in [-0.15, -0.1) is 0 Å². The average molecular weight is 328 g/mol. The number of esters is 2. The second-order valence-corrected chi connectivity index (χ2v) is 6.71. The first-order chi connectivity index (χ1) is 11.0. The molecule has 0 aliphatic heterocycles. The van der Waals surface area contributed by atoms with Crippen LogP contribution in [0.1, 0.15) is 85.5 Å². The fourth-order valence-corrected chi connectivity index (χ4v) is 2.31. The van der Waals surface area contributed by atoms with E-state index in [4.69, 9.17) is 9.47 Å². The lowest BCUT2D eigenvalue weighted by Gasteiger charge is -2.14. The number of unbranched alkanes of at least 4 members (excludes halogenated alkanes) is 1. The van der Waals surface area contributed by atoms with Crippen molar-refractivity contribution in [2.75, 3.05) is 13.2 Å². The molecule has 0 aromatic heterocycles. The van der Waals surface area contributed by atoms with Gasteiger partial charge < -0.3 is 9.47 Å². The van der Waals surface area contributed by atoms with Crippen LogP contribution in [0.15, 0.2) is 0 Å². The number of hydrogen-bond acceptors (Lipinski definition) is 4. The average Bonchev–Trinajstić information content (AvgIpc) is 2.51. The van der Waals surface area contributed by atoms with Crippen molar-refractivity contribution in [3.63, 3.8) is 0 Å². The van der Waals surface area contributed by atoms with Crippen molar-refractivity contribution in [3.05, 3.63) is 0 Å². The van der Waals surface area contributed by atoms with Gasteiger partial charge in [0.15, 0.2) is 0 Å². The highest BCUT2D eigenvalue weighted by Gasteiger charge is 2.11. The van der Waals surface area contributed by atoms with Crippen LogP contribution in [0, 0.1) is 11.8 Å². The summed E-state index contributed by atoms with van der Waals surface area (Å²) >= 11 is 0. The van der Waals surface area contributed by atoms with Crippen molar-refractivity contribution in [2.24, 2.45) is 11.8 Å². The first-order valence-corrected chi connectivity index (χ1v) is 9.30. The van der Waals surface area contributed by atoms with Crippen molar-refractivity contribution in [1.29, 1.82) is 0 Å². The molecule has 0 fully saturated rings. The smallest absolute Gasteiger partial charge is 0.305 e. The summed E-state index contributed by atoms with van der Waals surface area (Å²) in [5, 5.41) is 0. The van der Waals surface area contributed by atoms with Crippen molar-refractivity contribution in [3.8, 4) is 0 Å². The molecular formula is C19H36O4. The maximum atomic E-state index is 11.7.